The van der Waals surface area contributed by atoms with E-state index in [9.17, 15) is 4.79 Å². The normalized spacial score (nSPS) is 11.5. The average molecular weight is 212 g/mol. The minimum Gasteiger partial charge on any atom is -0.443 e. The molecule has 1 aromatic heterocycles. The van der Waals surface area contributed by atoms with Gasteiger partial charge in [0.25, 0.3) is 0 Å². The Labute approximate surface area is 88.7 Å². The smallest absolute Gasteiger partial charge is 0.420 e. The molecule has 0 radical (unpaired) electrons. The van der Waals surface area contributed by atoms with Crippen molar-refractivity contribution in [2.75, 3.05) is 0 Å². The summed E-state index contributed by atoms with van der Waals surface area (Å²) in [4.78, 5) is 15.5. The number of aliphatic hydroxyl groups is 1. The summed E-state index contributed by atoms with van der Waals surface area (Å²) in [7, 11) is 0. The van der Waals surface area contributed by atoms with E-state index < -0.39 is 11.7 Å². The molecule has 0 saturated heterocycles. The highest BCUT2D eigenvalue weighted by Crippen LogP contribution is 2.12. The number of rotatable bonds is 1. The van der Waals surface area contributed by atoms with E-state index in [1.165, 1.54) is 10.9 Å². The quantitative estimate of drug-likeness (QED) is 0.765. The van der Waals surface area contributed by atoms with Gasteiger partial charge in [0, 0.05) is 0 Å². The first-order valence-corrected chi connectivity index (χ1v) is 4.72. The van der Waals surface area contributed by atoms with Crippen LogP contribution in [-0.2, 0) is 11.3 Å². The highest BCUT2D eigenvalue weighted by molar-refractivity contribution is 5.71. The third-order valence-corrected chi connectivity index (χ3v) is 1.85. The lowest BCUT2D eigenvalue weighted by atomic mass is 10.2. The van der Waals surface area contributed by atoms with Crippen molar-refractivity contribution in [2.24, 2.45) is 0 Å². The molecule has 0 aliphatic heterocycles. The number of carbonyl (C=O) groups is 1. The second-order valence-electron chi connectivity index (χ2n) is 4.29. The van der Waals surface area contributed by atoms with Gasteiger partial charge in [-0.15, -0.1) is 0 Å². The van der Waals surface area contributed by atoms with Crippen LogP contribution < -0.4 is 0 Å². The van der Waals surface area contributed by atoms with Crippen LogP contribution in [0.25, 0.3) is 0 Å². The minimum atomic E-state index is -0.535. The standard InChI is InChI=1S/C10H16N2O3/c1-7-8(5-13)11-6-12(7)9(14)15-10(2,3)4/h6,13H,5H2,1-4H3. The van der Waals surface area contributed by atoms with Crippen molar-refractivity contribution >= 4 is 6.09 Å². The Kier molecular flexibility index (Phi) is 3.14. The molecule has 0 unspecified atom stereocenters. The number of hydrogen-bond donors (Lipinski definition) is 1. The first-order chi connectivity index (χ1) is 6.85. The van der Waals surface area contributed by atoms with Crippen LogP contribution in [-0.4, -0.2) is 26.4 Å². The van der Waals surface area contributed by atoms with Crippen molar-refractivity contribution in [2.45, 2.75) is 39.9 Å². The fourth-order valence-electron chi connectivity index (χ4n) is 1.10. The van der Waals surface area contributed by atoms with Gasteiger partial charge in [0.1, 0.15) is 11.9 Å². The summed E-state index contributed by atoms with van der Waals surface area (Å²) in [6.45, 7) is 6.92. The van der Waals surface area contributed by atoms with Crippen molar-refractivity contribution in [1.82, 2.24) is 9.55 Å². The Morgan fingerprint density at radius 3 is 2.60 bits per heavy atom. The number of aromatic nitrogens is 2. The molecule has 1 aromatic rings. The average Bonchev–Trinajstić information content (AvgIpc) is 2.43. The molecule has 0 saturated carbocycles. The van der Waals surface area contributed by atoms with Gasteiger partial charge in [-0.1, -0.05) is 0 Å². The Balaban J connectivity index is 2.88. The predicted molar refractivity (Wildman–Crippen MR) is 54.5 cm³/mol. The zero-order chi connectivity index (χ0) is 11.6. The first-order valence-electron chi connectivity index (χ1n) is 4.72. The molecule has 1 rings (SSSR count). The molecule has 0 fully saturated rings. The van der Waals surface area contributed by atoms with Gasteiger partial charge in [-0.3, -0.25) is 0 Å². The van der Waals surface area contributed by atoms with Crippen LogP contribution in [0.2, 0.25) is 0 Å². The van der Waals surface area contributed by atoms with Crippen LogP contribution in [0.1, 0.15) is 32.2 Å². The molecule has 0 aliphatic rings. The monoisotopic (exact) mass is 212 g/mol. The summed E-state index contributed by atoms with van der Waals surface area (Å²) in [6.07, 6.45) is 0.877. The van der Waals surface area contributed by atoms with E-state index in [0.29, 0.717) is 11.4 Å². The van der Waals surface area contributed by atoms with Crippen molar-refractivity contribution in [3.05, 3.63) is 17.7 Å². The molecule has 0 aromatic carbocycles. The number of carbonyl (C=O) groups excluding carboxylic acids is 1. The lowest BCUT2D eigenvalue weighted by Crippen LogP contribution is -2.27. The van der Waals surface area contributed by atoms with E-state index in [0.717, 1.165) is 0 Å². The lowest BCUT2D eigenvalue weighted by Gasteiger charge is -2.19. The topological polar surface area (TPSA) is 64.4 Å². The zero-order valence-corrected chi connectivity index (χ0v) is 9.44. The number of aliphatic hydroxyl groups excluding tert-OH is 1. The summed E-state index contributed by atoms with van der Waals surface area (Å²) in [5.74, 6) is 0. The third kappa shape index (κ3) is 2.79. The van der Waals surface area contributed by atoms with E-state index in [4.69, 9.17) is 9.84 Å². The van der Waals surface area contributed by atoms with Crippen molar-refractivity contribution < 1.29 is 14.6 Å². The summed E-state index contributed by atoms with van der Waals surface area (Å²) < 4.78 is 6.45. The number of nitrogens with zero attached hydrogens (tertiary/aromatic N) is 2. The molecule has 1 N–H and O–H groups in total. The first kappa shape index (κ1) is 11.7. The van der Waals surface area contributed by atoms with Gasteiger partial charge in [-0.05, 0) is 27.7 Å². The molecule has 0 amide bonds. The molecule has 84 valence electrons. The molecule has 5 nitrogen and oxygen atoms in total. The maximum Gasteiger partial charge on any atom is 0.420 e. The van der Waals surface area contributed by atoms with Gasteiger partial charge < -0.3 is 9.84 Å². The zero-order valence-electron chi connectivity index (χ0n) is 9.44. The van der Waals surface area contributed by atoms with Gasteiger partial charge in [0.2, 0.25) is 0 Å². The van der Waals surface area contributed by atoms with Crippen LogP contribution in [0.15, 0.2) is 6.33 Å². The van der Waals surface area contributed by atoms with E-state index in [1.54, 1.807) is 27.7 Å². The van der Waals surface area contributed by atoms with E-state index in [1.807, 2.05) is 0 Å². The fraction of sp³-hybridized carbons (Fsp3) is 0.600. The Morgan fingerprint density at radius 2 is 2.20 bits per heavy atom. The molecule has 0 atom stereocenters. The molecular formula is C10H16N2O3. The molecule has 5 heteroatoms. The third-order valence-electron chi connectivity index (χ3n) is 1.85. The maximum atomic E-state index is 11.6. The Morgan fingerprint density at radius 1 is 1.60 bits per heavy atom. The Bertz CT molecular complexity index is 363. The summed E-state index contributed by atoms with van der Waals surface area (Å²) in [5.41, 5.74) is 0.556. The Hall–Kier alpha value is -1.36. The van der Waals surface area contributed by atoms with Crippen LogP contribution in [0.5, 0.6) is 0 Å². The molecule has 0 bridgehead atoms. The van der Waals surface area contributed by atoms with Crippen molar-refractivity contribution in [3.8, 4) is 0 Å². The van der Waals surface area contributed by atoms with Gasteiger partial charge in [0.15, 0.2) is 0 Å². The minimum absolute atomic E-state index is 0.179. The summed E-state index contributed by atoms with van der Waals surface area (Å²) in [6, 6.07) is 0. The molecule has 0 aliphatic carbocycles. The summed E-state index contributed by atoms with van der Waals surface area (Å²) >= 11 is 0. The molecular weight excluding hydrogens is 196 g/mol. The fourth-order valence-corrected chi connectivity index (χ4v) is 1.10. The largest absolute Gasteiger partial charge is 0.443 e. The summed E-state index contributed by atoms with van der Waals surface area (Å²) in [5, 5.41) is 8.92. The highest BCUT2D eigenvalue weighted by atomic mass is 16.6. The van der Waals surface area contributed by atoms with Crippen molar-refractivity contribution in [1.29, 1.82) is 0 Å². The van der Waals surface area contributed by atoms with E-state index in [2.05, 4.69) is 4.98 Å². The lowest BCUT2D eigenvalue weighted by molar-refractivity contribution is 0.0533. The molecule has 0 spiro atoms. The number of hydrogen-bond acceptors (Lipinski definition) is 4. The number of ether oxygens (including phenoxy) is 1. The molecule has 1 heterocycles. The number of imidazole rings is 1. The van der Waals surface area contributed by atoms with Gasteiger partial charge in [0.05, 0.1) is 18.0 Å². The van der Waals surface area contributed by atoms with Crippen LogP contribution in [0.3, 0.4) is 0 Å². The van der Waals surface area contributed by atoms with Crippen LogP contribution >= 0.6 is 0 Å². The van der Waals surface area contributed by atoms with Crippen molar-refractivity contribution in [3.63, 3.8) is 0 Å². The SMILES string of the molecule is Cc1c(CO)ncn1C(=O)OC(C)(C)C. The van der Waals surface area contributed by atoms with E-state index >= 15 is 0 Å². The van der Waals surface area contributed by atoms with Crippen LogP contribution in [0.4, 0.5) is 4.79 Å². The van der Waals surface area contributed by atoms with E-state index in [-0.39, 0.29) is 6.61 Å². The van der Waals surface area contributed by atoms with Crippen LogP contribution in [0, 0.1) is 6.92 Å². The maximum absolute atomic E-state index is 11.6. The van der Waals surface area contributed by atoms with Gasteiger partial charge >= 0.3 is 6.09 Å². The van der Waals surface area contributed by atoms with Gasteiger partial charge in [-0.25, -0.2) is 14.3 Å². The predicted octanol–water partition coefficient (Wildman–Crippen LogP) is 1.47. The molecule has 15 heavy (non-hydrogen) atoms. The second-order valence-corrected chi connectivity index (χ2v) is 4.29. The van der Waals surface area contributed by atoms with Gasteiger partial charge in [-0.2, -0.15) is 0 Å². The highest BCUT2D eigenvalue weighted by Gasteiger charge is 2.19. The second kappa shape index (κ2) is 4.02.